The van der Waals surface area contributed by atoms with Crippen molar-refractivity contribution in [2.24, 2.45) is 4.99 Å². The van der Waals surface area contributed by atoms with Gasteiger partial charge in [0.1, 0.15) is 5.60 Å². The van der Waals surface area contributed by atoms with E-state index < -0.39 is 5.60 Å². The molecule has 0 rings (SSSR count). The molecule has 76 valence electrons. The van der Waals surface area contributed by atoms with Crippen molar-refractivity contribution in [1.82, 2.24) is 0 Å². The van der Waals surface area contributed by atoms with Crippen LogP contribution in [0.1, 0.15) is 46.5 Å². The molecular formula is C10H21CeNO. The van der Waals surface area contributed by atoms with Crippen LogP contribution in [0.25, 0.3) is 0 Å². The molecule has 0 aliphatic carbocycles. The molecular weight excluding hydrogens is 290 g/mol. The van der Waals surface area contributed by atoms with Gasteiger partial charge in [0, 0.05) is 54.5 Å². The van der Waals surface area contributed by atoms with Crippen LogP contribution in [-0.2, 0) is 0 Å². The van der Waals surface area contributed by atoms with E-state index in [1.54, 1.807) is 7.05 Å². The summed E-state index contributed by atoms with van der Waals surface area (Å²) in [5.74, 6) is 0. The van der Waals surface area contributed by atoms with Gasteiger partial charge in [-0.2, -0.15) is 0 Å². The van der Waals surface area contributed by atoms with Crippen molar-refractivity contribution in [3.8, 4) is 0 Å². The standard InChI is InChI=1S/C10H21NO.Ce/c1-5-7-10(12,8-6-2)9(3)11-4;/h12H,5-8H2,1-4H3;. The molecule has 0 unspecified atom stereocenters. The van der Waals surface area contributed by atoms with Crippen molar-refractivity contribution < 1.29 is 46.9 Å². The molecule has 0 aromatic carbocycles. The first kappa shape index (κ1) is 16.4. The third-order valence-electron chi connectivity index (χ3n) is 2.34. The van der Waals surface area contributed by atoms with E-state index in [1.165, 1.54) is 0 Å². The van der Waals surface area contributed by atoms with Crippen LogP contribution < -0.4 is 0 Å². The van der Waals surface area contributed by atoms with Crippen LogP contribution in [0.2, 0.25) is 0 Å². The Balaban J connectivity index is 0. The predicted molar refractivity (Wildman–Crippen MR) is 53.8 cm³/mol. The van der Waals surface area contributed by atoms with E-state index in [9.17, 15) is 5.11 Å². The first-order valence-corrected chi connectivity index (χ1v) is 4.77. The van der Waals surface area contributed by atoms with Crippen molar-refractivity contribution in [1.29, 1.82) is 0 Å². The maximum absolute atomic E-state index is 10.1. The molecule has 0 heterocycles. The molecule has 0 bridgehead atoms. The van der Waals surface area contributed by atoms with Crippen LogP contribution in [0, 0.1) is 41.7 Å². The van der Waals surface area contributed by atoms with Gasteiger partial charge in [-0.25, -0.2) is 0 Å². The van der Waals surface area contributed by atoms with Crippen LogP contribution in [0.5, 0.6) is 0 Å². The Labute approximate surface area is 116 Å². The van der Waals surface area contributed by atoms with Gasteiger partial charge in [0.25, 0.3) is 0 Å². The van der Waals surface area contributed by atoms with Crippen LogP contribution in [-0.4, -0.2) is 23.5 Å². The van der Waals surface area contributed by atoms with Crippen molar-refractivity contribution in [3.05, 3.63) is 0 Å². The third kappa shape index (κ3) is 5.45. The molecule has 0 fully saturated rings. The van der Waals surface area contributed by atoms with Gasteiger partial charge in [0.05, 0.1) is 0 Å². The maximum atomic E-state index is 10.1. The average Bonchev–Trinajstić information content (AvgIpc) is 2.04. The Morgan fingerprint density at radius 1 is 1.23 bits per heavy atom. The van der Waals surface area contributed by atoms with Gasteiger partial charge >= 0.3 is 0 Å². The quantitative estimate of drug-likeness (QED) is 0.777. The Morgan fingerprint density at radius 2 is 1.62 bits per heavy atom. The van der Waals surface area contributed by atoms with E-state index in [-0.39, 0.29) is 41.7 Å². The predicted octanol–water partition coefficient (Wildman–Crippen LogP) is 2.41. The summed E-state index contributed by atoms with van der Waals surface area (Å²) in [4.78, 5) is 4.06. The average molecular weight is 311 g/mol. The Kier molecular flexibility index (Phi) is 10.5. The van der Waals surface area contributed by atoms with Crippen molar-refractivity contribution in [2.45, 2.75) is 52.1 Å². The summed E-state index contributed by atoms with van der Waals surface area (Å²) < 4.78 is 0. The first-order valence-electron chi connectivity index (χ1n) is 4.77. The van der Waals surface area contributed by atoms with Crippen molar-refractivity contribution >= 4 is 5.71 Å². The van der Waals surface area contributed by atoms with Crippen LogP contribution >= 0.6 is 0 Å². The molecule has 0 spiro atoms. The number of aliphatic imine (C=N–C) groups is 1. The van der Waals surface area contributed by atoms with Crippen LogP contribution in [0.15, 0.2) is 4.99 Å². The fraction of sp³-hybridized carbons (Fsp3) is 0.900. The zero-order chi connectivity index (χ0) is 9.61. The Morgan fingerprint density at radius 3 is 1.85 bits per heavy atom. The molecule has 0 atom stereocenters. The third-order valence-corrected chi connectivity index (χ3v) is 2.34. The topological polar surface area (TPSA) is 32.6 Å². The summed E-state index contributed by atoms with van der Waals surface area (Å²) in [6.07, 6.45) is 3.65. The number of hydrogen-bond donors (Lipinski definition) is 1. The monoisotopic (exact) mass is 311 g/mol. The summed E-state index contributed by atoms with van der Waals surface area (Å²) in [6.45, 7) is 6.08. The second kappa shape index (κ2) is 8.33. The Bertz CT molecular complexity index is 151. The number of hydrogen-bond acceptors (Lipinski definition) is 2. The van der Waals surface area contributed by atoms with Gasteiger partial charge in [0.2, 0.25) is 0 Å². The van der Waals surface area contributed by atoms with Gasteiger partial charge in [-0.3, -0.25) is 4.99 Å². The number of nitrogens with zero attached hydrogens (tertiary/aromatic N) is 1. The fourth-order valence-corrected chi connectivity index (χ4v) is 1.52. The molecule has 0 saturated carbocycles. The van der Waals surface area contributed by atoms with Gasteiger partial charge in [0.15, 0.2) is 0 Å². The van der Waals surface area contributed by atoms with Gasteiger partial charge in [-0.05, 0) is 19.8 Å². The largest absolute Gasteiger partial charge is 0.384 e. The van der Waals surface area contributed by atoms with Crippen molar-refractivity contribution in [2.75, 3.05) is 7.05 Å². The first-order chi connectivity index (χ1) is 5.60. The van der Waals surface area contributed by atoms with E-state index in [2.05, 4.69) is 18.8 Å². The minimum absolute atomic E-state index is 0. The molecule has 0 aromatic rings. The van der Waals surface area contributed by atoms with E-state index in [4.69, 9.17) is 0 Å². The zero-order valence-corrected chi connectivity index (χ0v) is 12.4. The summed E-state index contributed by atoms with van der Waals surface area (Å²) in [5, 5.41) is 10.1. The number of rotatable bonds is 5. The minimum atomic E-state index is -0.641. The van der Waals surface area contributed by atoms with Crippen molar-refractivity contribution in [3.63, 3.8) is 0 Å². The zero-order valence-electron chi connectivity index (χ0n) is 9.22. The van der Waals surface area contributed by atoms with Gasteiger partial charge in [-0.15, -0.1) is 0 Å². The molecule has 0 aliphatic heterocycles. The molecule has 13 heavy (non-hydrogen) atoms. The molecule has 2 nitrogen and oxygen atoms in total. The molecule has 0 saturated heterocycles. The molecule has 0 amide bonds. The number of aliphatic hydroxyl groups is 1. The summed E-state index contributed by atoms with van der Waals surface area (Å²) >= 11 is 0. The minimum Gasteiger partial charge on any atom is -0.384 e. The van der Waals surface area contributed by atoms with Gasteiger partial charge < -0.3 is 5.11 Å². The summed E-state index contributed by atoms with van der Waals surface area (Å²) in [6, 6.07) is 0. The molecule has 1 N–H and O–H groups in total. The second-order valence-corrected chi connectivity index (χ2v) is 3.34. The van der Waals surface area contributed by atoms with Gasteiger partial charge in [-0.1, -0.05) is 26.7 Å². The van der Waals surface area contributed by atoms with E-state index in [1.807, 2.05) is 6.92 Å². The van der Waals surface area contributed by atoms with E-state index in [0.29, 0.717) is 0 Å². The smallest absolute Gasteiger partial charge is 0.102 e. The fourth-order valence-electron chi connectivity index (χ4n) is 1.52. The molecule has 0 aliphatic rings. The summed E-state index contributed by atoms with van der Waals surface area (Å²) in [7, 11) is 1.74. The molecule has 0 aromatic heterocycles. The maximum Gasteiger partial charge on any atom is 0.102 e. The normalized spacial score (nSPS) is 12.5. The van der Waals surface area contributed by atoms with Crippen LogP contribution in [0.3, 0.4) is 0 Å². The second-order valence-electron chi connectivity index (χ2n) is 3.34. The summed E-state index contributed by atoms with van der Waals surface area (Å²) in [5.41, 5.74) is 0.226. The SMILES string of the molecule is CCCC(O)(CCC)C(C)=NC.[Ce]. The van der Waals surface area contributed by atoms with E-state index >= 15 is 0 Å². The Hall–Kier alpha value is 1.01. The molecule has 0 radical (unpaired) electrons. The molecule has 3 heteroatoms. The van der Waals surface area contributed by atoms with Crippen LogP contribution in [0.4, 0.5) is 0 Å². The van der Waals surface area contributed by atoms with E-state index in [0.717, 1.165) is 31.4 Å².